The van der Waals surface area contributed by atoms with E-state index in [0.717, 1.165) is 12.1 Å². The average Bonchev–Trinajstić information content (AvgIpc) is 2.12. The lowest BCUT2D eigenvalue weighted by Gasteiger charge is -2.09. The molecule has 0 unspecified atom stereocenters. The Balaban J connectivity index is 0.00000256. The van der Waals surface area contributed by atoms with E-state index in [0.29, 0.717) is 0 Å². The lowest BCUT2D eigenvalue weighted by Crippen LogP contribution is -2.29. The maximum absolute atomic E-state index is 12.9. The number of halogens is 4. The Morgan fingerprint density at radius 1 is 1.47 bits per heavy atom. The molecule has 0 bridgehead atoms. The first-order valence-corrected chi connectivity index (χ1v) is 6.88. The summed E-state index contributed by atoms with van der Waals surface area (Å²) in [6.45, 7) is 0.248. The zero-order valence-electron chi connectivity index (χ0n) is 8.41. The molecule has 1 aromatic rings. The molecule has 3 N–H and O–H groups in total. The zero-order valence-corrected chi connectivity index (χ0v) is 12.4. The predicted molar refractivity (Wildman–Crippen MR) is 70.6 cm³/mol. The largest absolute Gasteiger partial charge is 0.329 e. The van der Waals surface area contributed by atoms with Gasteiger partial charge in [-0.15, -0.1) is 12.4 Å². The average molecular weight is 368 g/mol. The molecule has 0 aliphatic rings. The van der Waals surface area contributed by atoms with Gasteiger partial charge in [0.1, 0.15) is 10.7 Å². The highest BCUT2D eigenvalue weighted by molar-refractivity contribution is 9.10. The van der Waals surface area contributed by atoms with Crippen LogP contribution in [0.15, 0.2) is 21.5 Å². The molecule has 0 saturated carbocycles. The van der Waals surface area contributed by atoms with Gasteiger partial charge in [-0.25, -0.2) is 17.5 Å². The van der Waals surface area contributed by atoms with Crippen molar-refractivity contribution in [2.24, 2.45) is 5.73 Å². The van der Waals surface area contributed by atoms with Crippen molar-refractivity contribution in [3.63, 3.8) is 0 Å². The molecule has 1 rings (SSSR count). The SMILES string of the molecule is Cl.NCCNS(=O)(=O)c1c(Cl)cc(F)cc1Br. The van der Waals surface area contributed by atoms with E-state index in [1.54, 1.807) is 0 Å². The van der Waals surface area contributed by atoms with Crippen molar-refractivity contribution in [3.05, 3.63) is 27.4 Å². The van der Waals surface area contributed by atoms with Gasteiger partial charge in [0.25, 0.3) is 0 Å². The molecule has 0 heterocycles. The molecule has 0 spiro atoms. The summed E-state index contributed by atoms with van der Waals surface area (Å²) < 4.78 is 38.7. The molecule has 0 fully saturated rings. The molecule has 98 valence electrons. The highest BCUT2D eigenvalue weighted by Gasteiger charge is 2.21. The summed E-state index contributed by atoms with van der Waals surface area (Å²) in [6, 6.07) is 1.96. The summed E-state index contributed by atoms with van der Waals surface area (Å²) in [5, 5.41) is -0.184. The van der Waals surface area contributed by atoms with Gasteiger partial charge in [-0.2, -0.15) is 0 Å². The van der Waals surface area contributed by atoms with Gasteiger partial charge in [0.2, 0.25) is 10.0 Å². The van der Waals surface area contributed by atoms with Gasteiger partial charge in [-0.3, -0.25) is 0 Å². The van der Waals surface area contributed by atoms with E-state index in [2.05, 4.69) is 20.7 Å². The van der Waals surface area contributed by atoms with E-state index in [4.69, 9.17) is 17.3 Å². The third-order valence-electron chi connectivity index (χ3n) is 1.67. The predicted octanol–water partition coefficient (Wildman–Crippen LogP) is 1.90. The number of rotatable bonds is 4. The van der Waals surface area contributed by atoms with Crippen molar-refractivity contribution in [1.82, 2.24) is 4.72 Å². The number of benzene rings is 1. The molecule has 0 amide bonds. The van der Waals surface area contributed by atoms with Crippen molar-refractivity contribution in [1.29, 1.82) is 0 Å². The third-order valence-corrected chi connectivity index (χ3v) is 4.53. The summed E-state index contributed by atoms with van der Waals surface area (Å²) >= 11 is 8.63. The maximum atomic E-state index is 12.9. The van der Waals surface area contributed by atoms with Gasteiger partial charge < -0.3 is 5.73 Å². The lowest BCUT2D eigenvalue weighted by molar-refractivity contribution is 0.580. The minimum Gasteiger partial charge on any atom is -0.329 e. The van der Waals surface area contributed by atoms with Gasteiger partial charge in [-0.1, -0.05) is 11.6 Å². The van der Waals surface area contributed by atoms with Gasteiger partial charge in [0.05, 0.1) is 5.02 Å². The number of nitrogens with two attached hydrogens (primary N) is 1. The Bertz CT molecular complexity index is 475. The molecular formula is C8H10BrCl2FN2O2S. The zero-order chi connectivity index (χ0) is 12.3. The summed E-state index contributed by atoms with van der Waals surface area (Å²) in [5.41, 5.74) is 5.18. The topological polar surface area (TPSA) is 72.2 Å². The Hall–Kier alpha value is 0.0800. The summed E-state index contributed by atoms with van der Waals surface area (Å²) in [6.07, 6.45) is 0. The smallest absolute Gasteiger partial charge is 0.243 e. The van der Waals surface area contributed by atoms with Crippen molar-refractivity contribution < 1.29 is 12.8 Å². The Morgan fingerprint density at radius 2 is 2.06 bits per heavy atom. The van der Waals surface area contributed by atoms with Crippen molar-refractivity contribution in [2.75, 3.05) is 13.1 Å². The second-order valence-electron chi connectivity index (χ2n) is 2.89. The minimum absolute atomic E-state index is 0. The second kappa shape index (κ2) is 6.86. The molecule has 0 aliphatic carbocycles. The van der Waals surface area contributed by atoms with Crippen LogP contribution in [0, 0.1) is 5.82 Å². The Labute approximate surface area is 118 Å². The van der Waals surface area contributed by atoms with Crippen LogP contribution in [0.3, 0.4) is 0 Å². The number of nitrogens with one attached hydrogen (secondary N) is 1. The van der Waals surface area contributed by atoms with Crippen molar-refractivity contribution in [3.8, 4) is 0 Å². The first-order valence-electron chi connectivity index (χ1n) is 4.23. The van der Waals surface area contributed by atoms with E-state index in [1.165, 1.54) is 0 Å². The molecular weight excluding hydrogens is 358 g/mol. The van der Waals surface area contributed by atoms with Crippen LogP contribution >= 0.6 is 39.9 Å². The van der Waals surface area contributed by atoms with Crippen LogP contribution in [-0.4, -0.2) is 21.5 Å². The summed E-state index contributed by atoms with van der Waals surface area (Å²) in [7, 11) is -3.78. The number of hydrogen-bond donors (Lipinski definition) is 2. The van der Waals surface area contributed by atoms with E-state index in [-0.39, 0.29) is 39.9 Å². The summed E-state index contributed by atoms with van der Waals surface area (Å²) in [5.74, 6) is -0.616. The van der Waals surface area contributed by atoms with Crippen molar-refractivity contribution in [2.45, 2.75) is 4.90 Å². The van der Waals surface area contributed by atoms with E-state index in [9.17, 15) is 12.8 Å². The van der Waals surface area contributed by atoms with Crippen LogP contribution in [0.2, 0.25) is 5.02 Å². The van der Waals surface area contributed by atoms with Crippen LogP contribution in [0.5, 0.6) is 0 Å². The maximum Gasteiger partial charge on any atom is 0.243 e. The highest BCUT2D eigenvalue weighted by Crippen LogP contribution is 2.30. The number of sulfonamides is 1. The molecule has 0 saturated heterocycles. The fourth-order valence-electron chi connectivity index (χ4n) is 1.05. The molecule has 0 aromatic heterocycles. The molecule has 9 heteroatoms. The van der Waals surface area contributed by atoms with Crippen LogP contribution in [0.4, 0.5) is 4.39 Å². The standard InChI is InChI=1S/C8H9BrClFN2O2S.ClH/c9-6-3-5(11)4-7(10)8(6)16(14,15)13-2-1-12;/h3-4,13H,1-2,12H2;1H. The normalized spacial score (nSPS) is 11.1. The number of hydrogen-bond acceptors (Lipinski definition) is 3. The van der Waals surface area contributed by atoms with Gasteiger partial charge in [0, 0.05) is 17.6 Å². The molecule has 0 atom stereocenters. The van der Waals surface area contributed by atoms with Crippen molar-refractivity contribution >= 4 is 50.0 Å². The molecule has 4 nitrogen and oxygen atoms in total. The van der Waals surface area contributed by atoms with E-state index in [1.807, 2.05) is 0 Å². The Morgan fingerprint density at radius 3 is 2.53 bits per heavy atom. The van der Waals surface area contributed by atoms with Crippen LogP contribution in [-0.2, 0) is 10.0 Å². The van der Waals surface area contributed by atoms with Crippen LogP contribution in [0.25, 0.3) is 0 Å². The fraction of sp³-hybridized carbons (Fsp3) is 0.250. The van der Waals surface area contributed by atoms with Crippen LogP contribution < -0.4 is 10.5 Å². The third kappa shape index (κ3) is 4.35. The highest BCUT2D eigenvalue weighted by atomic mass is 79.9. The van der Waals surface area contributed by atoms with E-state index >= 15 is 0 Å². The lowest BCUT2D eigenvalue weighted by atomic mass is 10.3. The van der Waals surface area contributed by atoms with Gasteiger partial charge >= 0.3 is 0 Å². The molecule has 0 radical (unpaired) electrons. The monoisotopic (exact) mass is 366 g/mol. The second-order valence-corrected chi connectivity index (χ2v) is 5.85. The van der Waals surface area contributed by atoms with E-state index < -0.39 is 15.8 Å². The quantitative estimate of drug-likeness (QED) is 0.853. The van der Waals surface area contributed by atoms with Gasteiger partial charge in [-0.05, 0) is 28.1 Å². The first kappa shape index (κ1) is 17.1. The van der Waals surface area contributed by atoms with Gasteiger partial charge in [0.15, 0.2) is 0 Å². The minimum atomic E-state index is -3.78. The van der Waals surface area contributed by atoms with Crippen LogP contribution in [0.1, 0.15) is 0 Å². The Kier molecular flexibility index (Phi) is 6.90. The molecule has 0 aliphatic heterocycles. The molecule has 17 heavy (non-hydrogen) atoms. The summed E-state index contributed by atoms with van der Waals surface area (Å²) in [4.78, 5) is -0.191. The molecule has 1 aromatic carbocycles. The first-order chi connectivity index (χ1) is 7.38. The fourth-order valence-corrected chi connectivity index (χ4v) is 3.91.